The molecule has 0 saturated heterocycles. The summed E-state index contributed by atoms with van der Waals surface area (Å²) in [6, 6.07) is 0. The van der Waals surface area contributed by atoms with Crippen molar-refractivity contribution in [2.24, 2.45) is 5.73 Å². The van der Waals surface area contributed by atoms with Gasteiger partial charge in [-0.2, -0.15) is 0 Å². The van der Waals surface area contributed by atoms with Crippen LogP contribution in [0.1, 0.15) is 155 Å². The van der Waals surface area contributed by atoms with Gasteiger partial charge in [-0.15, -0.1) is 0 Å². The molecule has 55 heavy (non-hydrogen) atoms. The summed E-state index contributed by atoms with van der Waals surface area (Å²) in [7, 11) is -4.40. The molecule has 2 atom stereocenters. The molecule has 0 aliphatic rings. The predicted molar refractivity (Wildman–Crippen MR) is 229 cm³/mol. The fourth-order valence-corrected chi connectivity index (χ4v) is 5.95. The summed E-state index contributed by atoms with van der Waals surface area (Å²) in [5, 5.41) is 0. The number of ether oxygens (including phenoxy) is 2. The maximum atomic E-state index is 12.5. The third-order valence-electron chi connectivity index (χ3n) is 8.28. The molecule has 9 nitrogen and oxygen atoms in total. The van der Waals surface area contributed by atoms with Gasteiger partial charge >= 0.3 is 19.8 Å². The highest BCUT2D eigenvalue weighted by atomic mass is 31.2. The first-order valence-corrected chi connectivity index (χ1v) is 22.6. The summed E-state index contributed by atoms with van der Waals surface area (Å²) >= 11 is 0. The van der Waals surface area contributed by atoms with Crippen molar-refractivity contribution >= 4 is 19.8 Å². The van der Waals surface area contributed by atoms with E-state index >= 15 is 0 Å². The van der Waals surface area contributed by atoms with Crippen LogP contribution in [0.4, 0.5) is 0 Å². The number of allylic oxidation sites excluding steroid dienone is 14. The molecule has 0 aromatic rings. The summed E-state index contributed by atoms with van der Waals surface area (Å²) in [6.45, 7) is 3.49. The van der Waals surface area contributed by atoms with Crippen LogP contribution in [0.3, 0.4) is 0 Å². The number of phosphoric acid groups is 1. The first-order valence-electron chi connectivity index (χ1n) is 21.1. The number of phosphoric ester groups is 1. The fourth-order valence-electron chi connectivity index (χ4n) is 5.18. The number of unbranched alkanes of at least 4 members (excludes halogenated alkanes) is 11. The van der Waals surface area contributed by atoms with E-state index in [1.807, 2.05) is 12.2 Å². The van der Waals surface area contributed by atoms with Crippen molar-refractivity contribution in [3.05, 3.63) is 85.1 Å². The van der Waals surface area contributed by atoms with E-state index in [4.69, 9.17) is 24.3 Å². The van der Waals surface area contributed by atoms with Crippen LogP contribution in [0.2, 0.25) is 0 Å². The molecule has 0 aliphatic carbocycles. The predicted octanol–water partition coefficient (Wildman–Crippen LogP) is 12.0. The Hall–Kier alpha value is -2.81. The summed E-state index contributed by atoms with van der Waals surface area (Å²) in [6.07, 6.45) is 50.6. The molecule has 0 aromatic heterocycles. The number of hydrogen-bond donors (Lipinski definition) is 2. The SMILES string of the molecule is CC/C=C/C/C=C/C/C=C/C/C=C/C/C=C/C/C=C/CCC(=O)OC[C@H](COP(=O)(O)OCCN)OC(=O)CCCC/C=C/CCCCCCCCCCC. The number of carbonyl (C=O) groups is 2. The fraction of sp³-hybridized carbons (Fsp3) is 0.644. The van der Waals surface area contributed by atoms with Crippen LogP contribution in [0.5, 0.6) is 0 Å². The van der Waals surface area contributed by atoms with E-state index in [9.17, 15) is 19.0 Å². The quantitative estimate of drug-likeness (QED) is 0.0271. The summed E-state index contributed by atoms with van der Waals surface area (Å²) in [5.41, 5.74) is 5.34. The van der Waals surface area contributed by atoms with Crippen molar-refractivity contribution < 1.29 is 37.6 Å². The Morgan fingerprint density at radius 2 is 1.04 bits per heavy atom. The number of rotatable bonds is 38. The smallest absolute Gasteiger partial charge is 0.462 e. The molecule has 0 heterocycles. The van der Waals surface area contributed by atoms with E-state index < -0.39 is 32.5 Å². The molecule has 0 saturated carbocycles. The van der Waals surface area contributed by atoms with Crippen molar-refractivity contribution in [3.8, 4) is 0 Å². The summed E-state index contributed by atoms with van der Waals surface area (Å²) in [5.74, 6) is -0.960. The van der Waals surface area contributed by atoms with E-state index in [-0.39, 0.29) is 32.6 Å². The van der Waals surface area contributed by atoms with E-state index in [1.54, 1.807) is 0 Å². The molecule has 0 bridgehead atoms. The van der Waals surface area contributed by atoms with Crippen molar-refractivity contribution in [1.29, 1.82) is 0 Å². The average Bonchev–Trinajstić information content (AvgIpc) is 3.17. The van der Waals surface area contributed by atoms with Gasteiger partial charge in [0.25, 0.3) is 0 Å². The van der Waals surface area contributed by atoms with E-state index in [1.165, 1.54) is 57.8 Å². The third-order valence-corrected chi connectivity index (χ3v) is 9.26. The second-order valence-electron chi connectivity index (χ2n) is 13.5. The van der Waals surface area contributed by atoms with E-state index in [0.717, 1.165) is 57.8 Å². The average molecular weight is 790 g/mol. The molecule has 0 radical (unpaired) electrons. The van der Waals surface area contributed by atoms with Gasteiger partial charge in [-0.1, -0.05) is 150 Å². The van der Waals surface area contributed by atoms with Crippen LogP contribution in [-0.2, 0) is 32.7 Å². The largest absolute Gasteiger partial charge is 0.472 e. The molecule has 1 unspecified atom stereocenters. The number of hydrogen-bond acceptors (Lipinski definition) is 8. The standard InChI is InChI=1S/C45H76NO8P/c1-3-5-7-9-11-13-15-17-19-20-21-22-24-25-27-29-31-33-35-37-44(47)51-41-43(42-53-55(49,50)52-40-39-46)54-45(48)38-36-34-32-30-28-26-23-18-16-14-12-10-8-6-4-2/h5,7,11,13,17,19,21-22,25,27-28,30-31,33,43H,3-4,6,8-10,12,14-16,18,20,23-24,26,29,32,34-42,46H2,1-2H3,(H,49,50)/b7-5+,13-11+,19-17+,22-21+,27-25+,30-28+,33-31+/t43-/m1/s1. The summed E-state index contributed by atoms with van der Waals surface area (Å²) in [4.78, 5) is 34.8. The number of esters is 2. The van der Waals surface area contributed by atoms with Crippen molar-refractivity contribution in [3.63, 3.8) is 0 Å². The molecule has 0 rings (SSSR count). The topological polar surface area (TPSA) is 134 Å². The van der Waals surface area contributed by atoms with Crippen molar-refractivity contribution in [2.45, 2.75) is 161 Å². The van der Waals surface area contributed by atoms with Crippen LogP contribution in [0.15, 0.2) is 85.1 Å². The highest BCUT2D eigenvalue weighted by Crippen LogP contribution is 2.43. The molecule has 0 aliphatic heterocycles. The zero-order valence-electron chi connectivity index (χ0n) is 34.4. The lowest BCUT2D eigenvalue weighted by Gasteiger charge is -2.19. The first-order chi connectivity index (χ1) is 26.8. The molecular formula is C45H76NO8P. The van der Waals surface area contributed by atoms with Crippen LogP contribution in [0.25, 0.3) is 0 Å². The summed E-state index contributed by atoms with van der Waals surface area (Å²) < 4.78 is 32.6. The lowest BCUT2D eigenvalue weighted by atomic mass is 10.1. The normalized spacial score (nSPS) is 14.2. The Morgan fingerprint density at radius 1 is 0.564 bits per heavy atom. The Morgan fingerprint density at radius 3 is 1.56 bits per heavy atom. The molecule has 314 valence electrons. The second-order valence-corrected chi connectivity index (χ2v) is 14.9. The van der Waals surface area contributed by atoms with Crippen LogP contribution < -0.4 is 5.73 Å². The van der Waals surface area contributed by atoms with Gasteiger partial charge in [0.15, 0.2) is 6.10 Å². The van der Waals surface area contributed by atoms with Crippen molar-refractivity contribution in [1.82, 2.24) is 0 Å². The van der Waals surface area contributed by atoms with Gasteiger partial charge in [0.2, 0.25) is 0 Å². The maximum absolute atomic E-state index is 12.5. The van der Waals surface area contributed by atoms with Crippen molar-refractivity contribution in [2.75, 3.05) is 26.4 Å². The molecule has 0 spiro atoms. The van der Waals surface area contributed by atoms with Gasteiger partial charge in [-0.05, 0) is 77.0 Å². The lowest BCUT2D eigenvalue weighted by Crippen LogP contribution is -2.29. The minimum absolute atomic E-state index is 0.0369. The van der Waals surface area contributed by atoms with Gasteiger partial charge in [0, 0.05) is 19.4 Å². The second kappa shape index (κ2) is 40.8. The Labute approximate surface area is 334 Å². The minimum Gasteiger partial charge on any atom is -0.462 e. The van der Waals surface area contributed by atoms with Gasteiger partial charge < -0.3 is 20.1 Å². The van der Waals surface area contributed by atoms with Gasteiger partial charge in [0.05, 0.1) is 13.2 Å². The van der Waals surface area contributed by atoms with Crippen LogP contribution in [-0.4, -0.2) is 49.3 Å². The highest BCUT2D eigenvalue weighted by molar-refractivity contribution is 7.47. The molecule has 0 fully saturated rings. The van der Waals surface area contributed by atoms with E-state index in [2.05, 4.69) is 86.8 Å². The van der Waals surface area contributed by atoms with Gasteiger partial charge in [-0.25, -0.2) is 4.57 Å². The zero-order chi connectivity index (χ0) is 40.3. The zero-order valence-corrected chi connectivity index (χ0v) is 35.3. The monoisotopic (exact) mass is 790 g/mol. The van der Waals surface area contributed by atoms with E-state index in [0.29, 0.717) is 12.8 Å². The van der Waals surface area contributed by atoms with Gasteiger partial charge in [-0.3, -0.25) is 18.6 Å². The molecule has 0 amide bonds. The molecule has 0 aromatic carbocycles. The molecule has 3 N–H and O–H groups in total. The first kappa shape index (κ1) is 52.2. The Balaban J connectivity index is 4.34. The van der Waals surface area contributed by atoms with Crippen LogP contribution in [0, 0.1) is 0 Å². The third kappa shape index (κ3) is 40.7. The number of carbonyl (C=O) groups excluding carboxylic acids is 2. The lowest BCUT2D eigenvalue weighted by molar-refractivity contribution is -0.161. The van der Waals surface area contributed by atoms with Gasteiger partial charge in [0.1, 0.15) is 6.61 Å². The highest BCUT2D eigenvalue weighted by Gasteiger charge is 2.25. The number of nitrogens with two attached hydrogens (primary N) is 1. The Kier molecular flexibility index (Phi) is 38.8. The molecule has 10 heteroatoms. The maximum Gasteiger partial charge on any atom is 0.472 e. The minimum atomic E-state index is -4.40. The Bertz CT molecular complexity index is 1170. The van der Waals surface area contributed by atoms with Crippen LogP contribution >= 0.6 is 7.82 Å². The molecular weight excluding hydrogens is 713 g/mol.